The van der Waals surface area contributed by atoms with Gasteiger partial charge in [0.2, 0.25) is 11.8 Å². The van der Waals surface area contributed by atoms with Crippen molar-refractivity contribution < 1.29 is 9.59 Å². The van der Waals surface area contributed by atoms with Crippen LogP contribution in [0.3, 0.4) is 0 Å². The van der Waals surface area contributed by atoms with Gasteiger partial charge < -0.3 is 16.0 Å². The Labute approximate surface area is 153 Å². The van der Waals surface area contributed by atoms with E-state index in [1.807, 2.05) is 26.0 Å². The minimum atomic E-state index is -0.236. The molecule has 2 heterocycles. The van der Waals surface area contributed by atoms with E-state index < -0.39 is 0 Å². The van der Waals surface area contributed by atoms with Crippen molar-refractivity contribution in [3.05, 3.63) is 29.6 Å². The lowest BCUT2D eigenvalue weighted by atomic mass is 9.96. The maximum atomic E-state index is 12.5. The van der Waals surface area contributed by atoms with Crippen LogP contribution >= 0.6 is 0 Å². The Morgan fingerprint density at radius 3 is 2.77 bits per heavy atom. The molecule has 1 fully saturated rings. The fourth-order valence-electron chi connectivity index (χ4n) is 3.49. The molecule has 1 aliphatic heterocycles. The first kappa shape index (κ1) is 18.4. The van der Waals surface area contributed by atoms with E-state index in [-0.39, 0.29) is 23.8 Å². The van der Waals surface area contributed by atoms with Crippen LogP contribution in [0.5, 0.6) is 0 Å². The molecular weight excluding hydrogens is 330 g/mol. The highest BCUT2D eigenvalue weighted by atomic mass is 16.2. The molecule has 4 N–H and O–H groups in total. The van der Waals surface area contributed by atoms with Crippen LogP contribution in [0.1, 0.15) is 43.6 Å². The number of hydrogen-bond donors (Lipinski definition) is 3. The van der Waals surface area contributed by atoms with Crippen LogP contribution in [0.2, 0.25) is 0 Å². The third-order valence-electron chi connectivity index (χ3n) is 5.09. The van der Waals surface area contributed by atoms with Gasteiger partial charge in [-0.1, -0.05) is 13.0 Å². The molecule has 2 amide bonds. The molecule has 0 spiro atoms. The summed E-state index contributed by atoms with van der Waals surface area (Å²) in [6, 6.07) is 5.94. The van der Waals surface area contributed by atoms with E-state index >= 15 is 0 Å². The highest BCUT2D eigenvalue weighted by Crippen LogP contribution is 2.20. The number of nitrogens with one attached hydrogen (secondary N) is 2. The monoisotopic (exact) mass is 357 g/mol. The van der Waals surface area contributed by atoms with E-state index in [2.05, 4.69) is 26.3 Å². The smallest absolute Gasteiger partial charge is 0.234 e. The minimum absolute atomic E-state index is 0.0222. The topological polar surface area (TPSA) is 104 Å². The van der Waals surface area contributed by atoms with Crippen LogP contribution in [0, 0.1) is 12.8 Å². The number of primary amides is 1. The summed E-state index contributed by atoms with van der Waals surface area (Å²) in [7, 11) is 0. The standard InChI is InChI=1S/C19H27N5O2/c1-3-14(19-22-15-5-4-12(2)10-16(15)23-19)21-17(25)11-24-8-6-13(7-9-24)18(20)26/h4-5,10,13-14H,3,6-9,11H2,1-2H3,(H2,20,26)(H,21,25)(H,22,23). The number of benzene rings is 1. The average molecular weight is 357 g/mol. The van der Waals surface area contributed by atoms with Gasteiger partial charge in [0.1, 0.15) is 5.82 Å². The minimum Gasteiger partial charge on any atom is -0.369 e. The number of nitrogens with zero attached hydrogens (tertiary/aromatic N) is 2. The van der Waals surface area contributed by atoms with Gasteiger partial charge in [-0.2, -0.15) is 0 Å². The van der Waals surface area contributed by atoms with Gasteiger partial charge in [-0.05, 0) is 57.0 Å². The summed E-state index contributed by atoms with van der Waals surface area (Å²) in [6.45, 7) is 5.85. The van der Waals surface area contributed by atoms with Gasteiger partial charge in [-0.15, -0.1) is 0 Å². The van der Waals surface area contributed by atoms with Crippen LogP contribution in [0.4, 0.5) is 0 Å². The maximum Gasteiger partial charge on any atom is 0.234 e. The summed E-state index contributed by atoms with van der Waals surface area (Å²) in [5.41, 5.74) is 8.42. The van der Waals surface area contributed by atoms with Gasteiger partial charge in [-0.25, -0.2) is 4.98 Å². The second-order valence-electron chi connectivity index (χ2n) is 7.12. The number of imidazole rings is 1. The predicted octanol–water partition coefficient (Wildman–Crippen LogP) is 1.64. The van der Waals surface area contributed by atoms with Crippen molar-refractivity contribution in [2.24, 2.45) is 11.7 Å². The first-order valence-corrected chi connectivity index (χ1v) is 9.23. The maximum absolute atomic E-state index is 12.5. The normalized spacial score (nSPS) is 17.3. The SMILES string of the molecule is CCC(NC(=O)CN1CCC(C(N)=O)CC1)c1nc2ccc(C)cc2[nH]1. The molecule has 3 rings (SSSR count). The fraction of sp³-hybridized carbons (Fsp3) is 0.526. The molecular formula is C19H27N5O2. The lowest BCUT2D eigenvalue weighted by molar-refractivity contribution is -0.124. The Kier molecular flexibility index (Phi) is 5.56. The van der Waals surface area contributed by atoms with Gasteiger partial charge in [-0.3, -0.25) is 14.5 Å². The molecule has 7 nitrogen and oxygen atoms in total. The lowest BCUT2D eigenvalue weighted by Gasteiger charge is -2.30. The Balaban J connectivity index is 1.59. The number of piperidine rings is 1. The summed E-state index contributed by atoms with van der Waals surface area (Å²) in [6.07, 6.45) is 2.21. The van der Waals surface area contributed by atoms with Crippen molar-refractivity contribution in [2.75, 3.05) is 19.6 Å². The molecule has 0 aliphatic carbocycles. The molecule has 1 aromatic heterocycles. The number of aromatic nitrogens is 2. The summed E-state index contributed by atoms with van der Waals surface area (Å²) < 4.78 is 0. The average Bonchev–Trinajstić information content (AvgIpc) is 3.03. The lowest BCUT2D eigenvalue weighted by Crippen LogP contribution is -2.44. The summed E-state index contributed by atoms with van der Waals surface area (Å²) in [4.78, 5) is 33.7. The van der Waals surface area contributed by atoms with Gasteiger partial charge in [0.05, 0.1) is 23.6 Å². The van der Waals surface area contributed by atoms with Crippen LogP contribution in [-0.2, 0) is 9.59 Å². The Morgan fingerprint density at radius 1 is 1.38 bits per heavy atom. The van der Waals surface area contributed by atoms with E-state index in [0.29, 0.717) is 6.54 Å². The summed E-state index contributed by atoms with van der Waals surface area (Å²) >= 11 is 0. The number of nitrogens with two attached hydrogens (primary N) is 1. The zero-order valence-electron chi connectivity index (χ0n) is 15.4. The van der Waals surface area contributed by atoms with E-state index in [1.54, 1.807) is 0 Å². The molecule has 1 unspecified atom stereocenters. The third-order valence-corrected chi connectivity index (χ3v) is 5.09. The quantitative estimate of drug-likeness (QED) is 0.731. The highest BCUT2D eigenvalue weighted by Gasteiger charge is 2.25. The highest BCUT2D eigenvalue weighted by molar-refractivity contribution is 5.79. The predicted molar refractivity (Wildman–Crippen MR) is 100 cm³/mol. The number of hydrogen-bond acceptors (Lipinski definition) is 4. The molecule has 7 heteroatoms. The number of aryl methyl sites for hydroxylation is 1. The zero-order chi connectivity index (χ0) is 18.7. The molecule has 1 saturated heterocycles. The Morgan fingerprint density at radius 2 is 2.12 bits per heavy atom. The number of aromatic amines is 1. The third kappa shape index (κ3) is 4.22. The van der Waals surface area contributed by atoms with Crippen molar-refractivity contribution in [3.8, 4) is 0 Å². The first-order chi connectivity index (χ1) is 12.5. The van der Waals surface area contributed by atoms with Crippen LogP contribution < -0.4 is 11.1 Å². The van der Waals surface area contributed by atoms with E-state index in [0.717, 1.165) is 49.2 Å². The molecule has 0 saturated carbocycles. The number of H-pyrrole nitrogens is 1. The number of carbonyl (C=O) groups is 2. The van der Waals surface area contributed by atoms with Crippen molar-refractivity contribution in [3.63, 3.8) is 0 Å². The second kappa shape index (κ2) is 7.86. The van der Waals surface area contributed by atoms with Crippen LogP contribution in [-0.4, -0.2) is 46.3 Å². The van der Waals surface area contributed by atoms with E-state index in [4.69, 9.17) is 5.73 Å². The molecule has 1 atom stereocenters. The molecule has 2 aromatic rings. The fourth-order valence-corrected chi connectivity index (χ4v) is 3.49. The van der Waals surface area contributed by atoms with Crippen LogP contribution in [0.25, 0.3) is 11.0 Å². The first-order valence-electron chi connectivity index (χ1n) is 9.23. The molecule has 0 bridgehead atoms. The van der Waals surface area contributed by atoms with Crippen molar-refractivity contribution in [1.82, 2.24) is 20.2 Å². The Bertz CT molecular complexity index is 792. The molecule has 1 aliphatic rings. The van der Waals surface area contributed by atoms with E-state index in [9.17, 15) is 9.59 Å². The zero-order valence-corrected chi connectivity index (χ0v) is 15.4. The van der Waals surface area contributed by atoms with Crippen molar-refractivity contribution in [2.45, 2.75) is 39.2 Å². The largest absolute Gasteiger partial charge is 0.369 e. The molecule has 0 radical (unpaired) electrons. The van der Waals surface area contributed by atoms with Crippen LogP contribution in [0.15, 0.2) is 18.2 Å². The van der Waals surface area contributed by atoms with Gasteiger partial charge >= 0.3 is 0 Å². The molecule has 140 valence electrons. The molecule has 26 heavy (non-hydrogen) atoms. The van der Waals surface area contributed by atoms with Crippen molar-refractivity contribution in [1.29, 1.82) is 0 Å². The van der Waals surface area contributed by atoms with Crippen molar-refractivity contribution >= 4 is 22.8 Å². The van der Waals surface area contributed by atoms with Gasteiger partial charge in [0, 0.05) is 5.92 Å². The second-order valence-corrected chi connectivity index (χ2v) is 7.12. The number of rotatable bonds is 6. The number of fused-ring (bicyclic) bond motifs is 1. The Hall–Kier alpha value is -2.41. The number of amides is 2. The van der Waals surface area contributed by atoms with E-state index in [1.165, 1.54) is 5.56 Å². The van der Waals surface area contributed by atoms with Gasteiger partial charge in [0.25, 0.3) is 0 Å². The number of likely N-dealkylation sites (tertiary alicyclic amines) is 1. The van der Waals surface area contributed by atoms with Gasteiger partial charge in [0.15, 0.2) is 0 Å². The summed E-state index contributed by atoms with van der Waals surface area (Å²) in [5.74, 6) is 0.469. The molecule has 1 aromatic carbocycles. The summed E-state index contributed by atoms with van der Waals surface area (Å²) in [5, 5.41) is 3.07. The number of carbonyl (C=O) groups excluding carboxylic acids is 2.